The van der Waals surface area contributed by atoms with E-state index in [9.17, 15) is 4.79 Å². The van der Waals surface area contributed by atoms with E-state index in [1.807, 2.05) is 14.1 Å². The van der Waals surface area contributed by atoms with Crippen molar-refractivity contribution >= 4 is 5.91 Å². The van der Waals surface area contributed by atoms with Gasteiger partial charge < -0.3 is 10.2 Å². The molecule has 0 bridgehead atoms. The number of rotatable bonds is 4. The molecule has 0 aromatic rings. The first kappa shape index (κ1) is 11.5. The maximum absolute atomic E-state index is 11.7. The summed E-state index contributed by atoms with van der Waals surface area (Å²) in [5, 5.41) is 3.46. The van der Waals surface area contributed by atoms with Gasteiger partial charge in [-0.2, -0.15) is 0 Å². The van der Waals surface area contributed by atoms with Gasteiger partial charge in [0.15, 0.2) is 0 Å². The molecule has 0 saturated heterocycles. The molecule has 0 aliphatic heterocycles. The Morgan fingerprint density at radius 1 is 1.43 bits per heavy atom. The standard InChI is InChI=1S/C11H22N2O/c1-4-10(11(14)13(2)3)12-9-7-5-6-8-9/h9-10,12H,4-8H2,1-3H3. The second kappa shape index (κ2) is 5.35. The van der Waals surface area contributed by atoms with E-state index in [4.69, 9.17) is 0 Å². The summed E-state index contributed by atoms with van der Waals surface area (Å²) in [5.41, 5.74) is 0. The van der Waals surface area contributed by atoms with E-state index >= 15 is 0 Å². The fraction of sp³-hybridized carbons (Fsp3) is 0.909. The zero-order valence-electron chi connectivity index (χ0n) is 9.55. The molecule has 1 aliphatic carbocycles. The molecule has 0 spiro atoms. The van der Waals surface area contributed by atoms with Crippen molar-refractivity contribution in [2.45, 2.75) is 51.1 Å². The molecule has 1 aliphatic rings. The molecule has 3 nitrogen and oxygen atoms in total. The minimum atomic E-state index is 0.0214. The van der Waals surface area contributed by atoms with Gasteiger partial charge in [0.05, 0.1) is 6.04 Å². The van der Waals surface area contributed by atoms with Gasteiger partial charge in [0, 0.05) is 20.1 Å². The van der Waals surface area contributed by atoms with Crippen molar-refractivity contribution in [3.63, 3.8) is 0 Å². The highest BCUT2D eigenvalue weighted by Crippen LogP contribution is 2.18. The maximum atomic E-state index is 11.7. The third-order valence-corrected chi connectivity index (χ3v) is 2.94. The second-order valence-corrected chi connectivity index (χ2v) is 4.34. The van der Waals surface area contributed by atoms with Crippen molar-refractivity contribution in [1.29, 1.82) is 0 Å². The quantitative estimate of drug-likeness (QED) is 0.740. The second-order valence-electron chi connectivity index (χ2n) is 4.34. The number of carbonyl (C=O) groups is 1. The maximum Gasteiger partial charge on any atom is 0.239 e. The Kier molecular flexibility index (Phi) is 4.39. The molecule has 0 aromatic carbocycles. The fourth-order valence-electron chi connectivity index (χ4n) is 2.05. The largest absolute Gasteiger partial charge is 0.347 e. The molecule has 1 N–H and O–H groups in total. The van der Waals surface area contributed by atoms with Crippen molar-refractivity contribution in [3.05, 3.63) is 0 Å². The van der Waals surface area contributed by atoms with Crippen LogP contribution in [-0.2, 0) is 4.79 Å². The Morgan fingerprint density at radius 3 is 2.43 bits per heavy atom. The average Bonchev–Trinajstić information content (AvgIpc) is 2.65. The normalized spacial score (nSPS) is 19.6. The van der Waals surface area contributed by atoms with Crippen molar-refractivity contribution in [2.75, 3.05) is 14.1 Å². The third-order valence-electron chi connectivity index (χ3n) is 2.94. The minimum absolute atomic E-state index is 0.0214. The molecule has 1 atom stereocenters. The lowest BCUT2D eigenvalue weighted by Crippen LogP contribution is -2.46. The summed E-state index contributed by atoms with van der Waals surface area (Å²) in [6.07, 6.45) is 5.97. The first-order chi connectivity index (χ1) is 6.65. The molecule has 3 heteroatoms. The summed E-state index contributed by atoms with van der Waals surface area (Å²) in [4.78, 5) is 13.4. The van der Waals surface area contributed by atoms with Crippen LogP contribution in [0.1, 0.15) is 39.0 Å². The van der Waals surface area contributed by atoms with E-state index < -0.39 is 0 Å². The number of likely N-dealkylation sites (N-methyl/N-ethyl adjacent to an activating group) is 1. The van der Waals surface area contributed by atoms with Gasteiger partial charge in [-0.3, -0.25) is 4.79 Å². The van der Waals surface area contributed by atoms with Crippen LogP contribution in [0.15, 0.2) is 0 Å². The molecule has 1 unspecified atom stereocenters. The van der Waals surface area contributed by atoms with Gasteiger partial charge in [-0.25, -0.2) is 0 Å². The third kappa shape index (κ3) is 2.98. The van der Waals surface area contributed by atoms with Crippen LogP contribution >= 0.6 is 0 Å². The molecule has 1 fully saturated rings. The molecule has 1 amide bonds. The van der Waals surface area contributed by atoms with Crippen LogP contribution in [-0.4, -0.2) is 37.0 Å². The van der Waals surface area contributed by atoms with Crippen LogP contribution in [0.2, 0.25) is 0 Å². The molecule has 0 aromatic heterocycles. The number of nitrogens with one attached hydrogen (secondary N) is 1. The highest BCUT2D eigenvalue weighted by Gasteiger charge is 2.23. The van der Waals surface area contributed by atoms with Crippen molar-refractivity contribution < 1.29 is 4.79 Å². The number of hydrogen-bond acceptors (Lipinski definition) is 2. The number of carbonyl (C=O) groups excluding carboxylic acids is 1. The topological polar surface area (TPSA) is 32.3 Å². The van der Waals surface area contributed by atoms with Crippen LogP contribution in [0.4, 0.5) is 0 Å². The Labute approximate surface area is 86.9 Å². The SMILES string of the molecule is CCC(NC1CCCC1)C(=O)N(C)C. The Morgan fingerprint density at radius 2 is 2.00 bits per heavy atom. The molecule has 0 heterocycles. The van der Waals surface area contributed by atoms with E-state index in [0.29, 0.717) is 6.04 Å². The van der Waals surface area contributed by atoms with E-state index in [0.717, 1.165) is 6.42 Å². The zero-order chi connectivity index (χ0) is 10.6. The molecular weight excluding hydrogens is 176 g/mol. The molecule has 1 rings (SSSR count). The highest BCUT2D eigenvalue weighted by atomic mass is 16.2. The lowest BCUT2D eigenvalue weighted by molar-refractivity contribution is -0.131. The van der Waals surface area contributed by atoms with Crippen LogP contribution in [0.3, 0.4) is 0 Å². The summed E-state index contributed by atoms with van der Waals surface area (Å²) >= 11 is 0. The average molecular weight is 198 g/mol. The summed E-state index contributed by atoms with van der Waals surface area (Å²) in [6, 6.07) is 0.594. The summed E-state index contributed by atoms with van der Waals surface area (Å²) in [7, 11) is 3.64. The van der Waals surface area contributed by atoms with Gasteiger partial charge >= 0.3 is 0 Å². The fourth-order valence-corrected chi connectivity index (χ4v) is 2.05. The minimum Gasteiger partial charge on any atom is -0.347 e. The molecule has 14 heavy (non-hydrogen) atoms. The first-order valence-electron chi connectivity index (χ1n) is 5.62. The van der Waals surface area contributed by atoms with Crippen LogP contribution < -0.4 is 5.32 Å². The Bertz CT molecular complexity index is 186. The highest BCUT2D eigenvalue weighted by molar-refractivity contribution is 5.81. The monoisotopic (exact) mass is 198 g/mol. The van der Waals surface area contributed by atoms with Crippen LogP contribution in [0.5, 0.6) is 0 Å². The predicted molar refractivity (Wildman–Crippen MR) is 58.2 cm³/mol. The summed E-state index contributed by atoms with van der Waals surface area (Å²) in [5.74, 6) is 0.208. The molecule has 82 valence electrons. The zero-order valence-corrected chi connectivity index (χ0v) is 9.55. The molecule has 0 radical (unpaired) electrons. The number of hydrogen-bond donors (Lipinski definition) is 1. The Balaban J connectivity index is 2.41. The van der Waals surface area contributed by atoms with Crippen molar-refractivity contribution in [3.8, 4) is 0 Å². The van der Waals surface area contributed by atoms with Gasteiger partial charge in [-0.1, -0.05) is 19.8 Å². The van der Waals surface area contributed by atoms with Crippen molar-refractivity contribution in [2.24, 2.45) is 0 Å². The van der Waals surface area contributed by atoms with E-state index in [1.165, 1.54) is 25.7 Å². The lowest BCUT2D eigenvalue weighted by atomic mass is 10.1. The van der Waals surface area contributed by atoms with Gasteiger partial charge in [0.25, 0.3) is 0 Å². The number of nitrogens with zero attached hydrogens (tertiary/aromatic N) is 1. The summed E-state index contributed by atoms with van der Waals surface area (Å²) < 4.78 is 0. The first-order valence-corrected chi connectivity index (χ1v) is 5.62. The lowest BCUT2D eigenvalue weighted by Gasteiger charge is -2.23. The van der Waals surface area contributed by atoms with Gasteiger partial charge in [0.1, 0.15) is 0 Å². The van der Waals surface area contributed by atoms with Gasteiger partial charge in [-0.05, 0) is 19.3 Å². The Hall–Kier alpha value is -0.570. The predicted octanol–water partition coefficient (Wildman–Crippen LogP) is 1.39. The van der Waals surface area contributed by atoms with Gasteiger partial charge in [-0.15, -0.1) is 0 Å². The molecular formula is C11H22N2O. The van der Waals surface area contributed by atoms with Crippen LogP contribution in [0, 0.1) is 0 Å². The van der Waals surface area contributed by atoms with E-state index in [2.05, 4.69) is 12.2 Å². The molecule has 1 saturated carbocycles. The van der Waals surface area contributed by atoms with Crippen LogP contribution in [0.25, 0.3) is 0 Å². The smallest absolute Gasteiger partial charge is 0.239 e. The number of amides is 1. The van der Waals surface area contributed by atoms with E-state index in [-0.39, 0.29) is 11.9 Å². The van der Waals surface area contributed by atoms with E-state index in [1.54, 1.807) is 4.90 Å². The van der Waals surface area contributed by atoms with Gasteiger partial charge in [0.2, 0.25) is 5.91 Å². The van der Waals surface area contributed by atoms with Crippen molar-refractivity contribution in [1.82, 2.24) is 10.2 Å². The summed E-state index contributed by atoms with van der Waals surface area (Å²) in [6.45, 7) is 2.06.